The van der Waals surface area contributed by atoms with Crippen molar-refractivity contribution < 1.29 is 8.78 Å². The van der Waals surface area contributed by atoms with Crippen LogP contribution in [0.15, 0.2) is 36.4 Å². The minimum Gasteiger partial charge on any atom is -0.195 e. The molecule has 2 unspecified atom stereocenters. The maximum absolute atomic E-state index is 14.6. The highest BCUT2D eigenvalue weighted by atomic mass is 32.1. The van der Waals surface area contributed by atoms with Crippen molar-refractivity contribution in [3.05, 3.63) is 57.8 Å². The highest BCUT2D eigenvalue weighted by Crippen LogP contribution is 2.41. The summed E-state index contributed by atoms with van der Waals surface area (Å²) < 4.78 is 31.1. The molecule has 0 spiro atoms. The Balaban J connectivity index is 1.98. The molecule has 2 atom stereocenters. The highest BCUT2D eigenvalue weighted by molar-refractivity contribution is 7.18. The van der Waals surface area contributed by atoms with Gasteiger partial charge >= 0.3 is 0 Å². The van der Waals surface area contributed by atoms with Gasteiger partial charge in [0.25, 0.3) is 0 Å². The Labute approximate surface area is 272 Å². The summed E-state index contributed by atoms with van der Waals surface area (Å²) in [5.74, 6) is 7.55. The third-order valence-electron chi connectivity index (χ3n) is 10.8. The fraction of sp³-hybridized carbons (Fsp3) is 0.421. The van der Waals surface area contributed by atoms with Crippen LogP contribution in [-0.2, 0) is 0 Å². The molecule has 0 bridgehead atoms. The summed E-state index contributed by atoms with van der Waals surface area (Å²) in [4.78, 5) is 0. The third-order valence-corrected chi connectivity index (χ3v) is 23.5. The molecule has 44 heavy (non-hydrogen) atoms. The Kier molecular flexibility index (Phi) is 9.79. The molecule has 0 N–H and O–H groups in total. The topological polar surface area (TPSA) is 0 Å². The number of thiophene rings is 2. The Morgan fingerprint density at radius 1 is 0.568 bits per heavy atom. The van der Waals surface area contributed by atoms with Crippen molar-refractivity contribution in [2.75, 3.05) is 0 Å². The van der Waals surface area contributed by atoms with Gasteiger partial charge < -0.3 is 0 Å². The molecule has 0 nitrogen and oxygen atoms in total. The number of hydrogen-bond acceptors (Lipinski definition) is 2. The van der Waals surface area contributed by atoms with Gasteiger partial charge in [0.2, 0.25) is 0 Å². The largest absolute Gasteiger partial charge is 0.195 e. The summed E-state index contributed by atoms with van der Waals surface area (Å²) >= 11 is 2.36. The predicted molar refractivity (Wildman–Crippen MR) is 199 cm³/mol. The van der Waals surface area contributed by atoms with Gasteiger partial charge in [-0.15, -0.1) is 33.8 Å². The zero-order chi connectivity index (χ0) is 31.8. The van der Waals surface area contributed by atoms with E-state index in [4.69, 9.17) is 0 Å². The predicted octanol–water partition coefficient (Wildman–Crippen LogP) is 13.1. The van der Waals surface area contributed by atoms with Crippen LogP contribution in [0, 0.1) is 33.2 Å². The maximum Gasteiger partial charge on any atom is 0.177 e. The van der Waals surface area contributed by atoms with Gasteiger partial charge in [-0.05, 0) is 93.2 Å². The van der Waals surface area contributed by atoms with Crippen molar-refractivity contribution in [2.24, 2.45) is 0 Å². The van der Waals surface area contributed by atoms with E-state index in [-0.39, 0.29) is 10.3 Å². The van der Waals surface area contributed by atoms with Gasteiger partial charge in [0.05, 0.1) is 0 Å². The smallest absolute Gasteiger partial charge is 0.177 e. The van der Waals surface area contributed by atoms with Crippen LogP contribution in [0.1, 0.15) is 79.4 Å². The molecular formula is C38H44F2S2Si2. The van der Waals surface area contributed by atoms with Crippen molar-refractivity contribution in [2.45, 2.75) is 103 Å². The second kappa shape index (κ2) is 13.1. The zero-order valence-corrected chi connectivity index (χ0v) is 31.1. The molecule has 0 saturated carbocycles. The third kappa shape index (κ3) is 5.69. The minimum absolute atomic E-state index is 0.184. The normalized spacial score (nSPS) is 13.7. The van der Waals surface area contributed by atoms with Gasteiger partial charge in [-0.25, -0.2) is 0 Å². The van der Waals surface area contributed by atoms with Gasteiger partial charge in [-0.2, -0.15) is 8.78 Å². The van der Waals surface area contributed by atoms with Crippen LogP contribution < -0.4 is 0 Å². The fourth-order valence-electron chi connectivity index (χ4n) is 7.15. The summed E-state index contributed by atoms with van der Waals surface area (Å²) in [6.45, 7) is 18.5. The lowest BCUT2D eigenvalue weighted by atomic mass is 9.91. The molecule has 0 saturated heterocycles. The molecule has 0 amide bonds. The van der Waals surface area contributed by atoms with E-state index in [0.29, 0.717) is 11.1 Å². The summed E-state index contributed by atoms with van der Waals surface area (Å²) in [5, 5.41) is 5.53. The lowest BCUT2D eigenvalue weighted by molar-refractivity contribution is 0.658. The quantitative estimate of drug-likeness (QED) is 0.0884. The first-order valence-corrected chi connectivity index (χ1v) is 23.0. The maximum atomic E-state index is 14.6. The van der Waals surface area contributed by atoms with Gasteiger partial charge in [0, 0.05) is 31.3 Å². The van der Waals surface area contributed by atoms with Crippen molar-refractivity contribution in [3.8, 4) is 22.9 Å². The average Bonchev–Trinajstić information content (AvgIpc) is 3.59. The number of hydrogen-bond donors (Lipinski definition) is 0. The van der Waals surface area contributed by atoms with E-state index in [0.717, 1.165) is 89.9 Å². The second-order valence-electron chi connectivity index (χ2n) is 12.6. The van der Waals surface area contributed by atoms with Crippen molar-refractivity contribution >= 4 is 80.5 Å². The number of halogens is 2. The van der Waals surface area contributed by atoms with E-state index < -0.39 is 16.1 Å². The van der Waals surface area contributed by atoms with E-state index in [9.17, 15) is 8.78 Å². The van der Waals surface area contributed by atoms with Crippen molar-refractivity contribution in [1.82, 2.24) is 0 Å². The van der Waals surface area contributed by atoms with Crippen molar-refractivity contribution in [1.29, 1.82) is 0 Å². The Hall–Kier alpha value is -2.49. The Morgan fingerprint density at radius 2 is 0.909 bits per heavy atom. The molecule has 0 aliphatic heterocycles. The monoisotopic (exact) mass is 658 g/mol. The van der Waals surface area contributed by atoms with Crippen LogP contribution in [0.4, 0.5) is 8.78 Å². The van der Waals surface area contributed by atoms with E-state index in [2.05, 4.69) is 103 Å². The summed E-state index contributed by atoms with van der Waals surface area (Å²) in [6.07, 6.45) is 2.25. The van der Waals surface area contributed by atoms with Crippen LogP contribution in [-0.4, -0.2) is 16.1 Å². The van der Waals surface area contributed by atoms with E-state index in [1.165, 1.54) is 22.7 Å². The number of fused-ring (bicyclic) bond motifs is 4. The number of benzene rings is 3. The first kappa shape index (κ1) is 32.9. The molecule has 230 valence electrons. The fourth-order valence-corrected chi connectivity index (χ4v) is 16.1. The van der Waals surface area contributed by atoms with Gasteiger partial charge in [-0.3, -0.25) is 0 Å². The molecule has 0 fully saturated rings. The molecular weight excluding hydrogens is 615 g/mol. The van der Waals surface area contributed by atoms with Gasteiger partial charge in [-0.1, -0.05) is 80.1 Å². The molecule has 0 aliphatic carbocycles. The zero-order valence-electron chi connectivity index (χ0n) is 27.4. The first-order chi connectivity index (χ1) is 21.1. The molecule has 2 heterocycles. The molecule has 2 aromatic heterocycles. The summed E-state index contributed by atoms with van der Waals surface area (Å²) in [7, 11) is -3.77. The summed E-state index contributed by atoms with van der Waals surface area (Å²) in [6, 6.07) is 16.2. The Morgan fingerprint density at radius 3 is 1.23 bits per heavy atom. The molecule has 5 rings (SSSR count). The lowest BCUT2D eigenvalue weighted by Gasteiger charge is -2.29. The van der Waals surface area contributed by atoms with Crippen LogP contribution in [0.3, 0.4) is 0 Å². The Bertz CT molecular complexity index is 1730. The molecule has 0 aliphatic rings. The standard InChI is InChI=1S/C38H44F2S2Si2/c1-9-25(7)43(11-3,12-4)17-15-29-31-19-27-21-37(39)42-36(27)24-34(31)30(16-18-44(13-5,14-6)26(8)10-2)32-20-28-22-38(40)41-35(28)23-33(29)32/h19-26H,9-14H2,1-8H3. The van der Waals surface area contributed by atoms with E-state index >= 15 is 0 Å². The van der Waals surface area contributed by atoms with Gasteiger partial charge in [0.15, 0.2) is 10.3 Å². The molecule has 5 aromatic rings. The minimum atomic E-state index is -1.88. The molecule has 3 aromatic carbocycles. The first-order valence-electron chi connectivity index (χ1n) is 16.4. The van der Waals surface area contributed by atoms with E-state index in [1.807, 2.05) is 0 Å². The average molecular weight is 659 g/mol. The van der Waals surface area contributed by atoms with Crippen LogP contribution in [0.25, 0.3) is 41.7 Å². The molecule has 6 heteroatoms. The molecule has 0 radical (unpaired) electrons. The van der Waals surface area contributed by atoms with Crippen LogP contribution in [0.2, 0.25) is 35.3 Å². The van der Waals surface area contributed by atoms with Crippen molar-refractivity contribution in [3.63, 3.8) is 0 Å². The lowest BCUT2D eigenvalue weighted by Crippen LogP contribution is -2.35. The summed E-state index contributed by atoms with van der Waals surface area (Å²) in [5.41, 5.74) is 11.0. The number of rotatable bonds is 8. The SMILES string of the molecule is CCC(C)[Si](C#Cc1c2cc3cc(F)sc3cc2c(C#C[Si](CC)(CC)C(C)CC)c2cc3cc(F)sc3cc12)(CC)CC. The van der Waals surface area contributed by atoms with Gasteiger partial charge in [0.1, 0.15) is 16.1 Å². The highest BCUT2D eigenvalue weighted by Gasteiger charge is 2.34. The van der Waals surface area contributed by atoms with Crippen LogP contribution >= 0.6 is 22.7 Å². The van der Waals surface area contributed by atoms with Crippen LogP contribution in [0.5, 0.6) is 0 Å². The van der Waals surface area contributed by atoms with E-state index in [1.54, 1.807) is 12.1 Å². The second-order valence-corrected chi connectivity index (χ2v) is 24.6.